The molecule has 0 aromatic carbocycles. The van der Waals surface area contributed by atoms with Crippen LogP contribution < -0.4 is 0 Å². The summed E-state index contributed by atoms with van der Waals surface area (Å²) < 4.78 is 0. The monoisotopic (exact) mass is 182 g/mol. The highest BCUT2D eigenvalue weighted by Crippen LogP contribution is 2.24. The maximum Gasteiger partial charge on any atom is 0.0124 e. The zero-order valence-electron chi connectivity index (χ0n) is 8.92. The predicted molar refractivity (Wildman–Crippen MR) is 57.5 cm³/mol. The Morgan fingerprint density at radius 1 is 1.54 bits per heavy atom. The molecule has 0 spiro atoms. The molecule has 0 radical (unpaired) electrons. The van der Waals surface area contributed by atoms with Crippen molar-refractivity contribution in [1.29, 1.82) is 5.41 Å². The summed E-state index contributed by atoms with van der Waals surface area (Å²) >= 11 is 0. The van der Waals surface area contributed by atoms with Gasteiger partial charge in [-0.2, -0.15) is 0 Å². The molecule has 2 heteroatoms. The van der Waals surface area contributed by atoms with Crippen molar-refractivity contribution in [3.8, 4) is 0 Å². The van der Waals surface area contributed by atoms with Crippen LogP contribution in [0, 0.1) is 11.3 Å². The van der Waals surface area contributed by atoms with Crippen molar-refractivity contribution in [2.75, 3.05) is 13.1 Å². The van der Waals surface area contributed by atoms with E-state index in [0.29, 0.717) is 5.92 Å². The van der Waals surface area contributed by atoms with Gasteiger partial charge in [-0.1, -0.05) is 20.3 Å². The zero-order valence-corrected chi connectivity index (χ0v) is 8.92. The first-order valence-corrected chi connectivity index (χ1v) is 5.52. The molecule has 1 saturated heterocycles. The molecule has 0 saturated carbocycles. The third kappa shape index (κ3) is 2.80. The van der Waals surface area contributed by atoms with Gasteiger partial charge in [0.2, 0.25) is 0 Å². The van der Waals surface area contributed by atoms with Gasteiger partial charge in [0.05, 0.1) is 0 Å². The van der Waals surface area contributed by atoms with E-state index in [9.17, 15) is 0 Å². The molecule has 0 aromatic heterocycles. The summed E-state index contributed by atoms with van der Waals surface area (Å²) in [7, 11) is 0. The van der Waals surface area contributed by atoms with Crippen LogP contribution in [0.4, 0.5) is 0 Å². The number of nitrogens with zero attached hydrogens (tertiary/aromatic N) is 1. The van der Waals surface area contributed by atoms with Crippen molar-refractivity contribution in [2.24, 2.45) is 5.92 Å². The van der Waals surface area contributed by atoms with Gasteiger partial charge in [0.1, 0.15) is 0 Å². The fourth-order valence-corrected chi connectivity index (χ4v) is 2.40. The van der Waals surface area contributed by atoms with E-state index in [0.717, 1.165) is 12.5 Å². The fourth-order valence-electron chi connectivity index (χ4n) is 2.40. The quantitative estimate of drug-likeness (QED) is 0.665. The van der Waals surface area contributed by atoms with Crippen molar-refractivity contribution >= 4 is 6.21 Å². The Kier molecular flexibility index (Phi) is 4.43. The van der Waals surface area contributed by atoms with Crippen LogP contribution in [0.25, 0.3) is 0 Å². The number of likely N-dealkylation sites (tertiary alicyclic amines) is 1. The molecular formula is C11H22N2. The van der Waals surface area contributed by atoms with E-state index in [4.69, 9.17) is 5.41 Å². The molecule has 0 aromatic rings. The average molecular weight is 182 g/mol. The van der Waals surface area contributed by atoms with Gasteiger partial charge < -0.3 is 10.3 Å². The maximum atomic E-state index is 7.13. The first kappa shape index (κ1) is 10.7. The van der Waals surface area contributed by atoms with E-state index in [1.807, 2.05) is 0 Å². The van der Waals surface area contributed by atoms with Crippen molar-refractivity contribution in [2.45, 2.75) is 45.6 Å². The maximum absolute atomic E-state index is 7.13. The van der Waals surface area contributed by atoms with Crippen molar-refractivity contribution in [3.63, 3.8) is 0 Å². The second-order valence-electron chi connectivity index (χ2n) is 4.11. The first-order chi connectivity index (χ1) is 6.29. The minimum absolute atomic E-state index is 0.665. The van der Waals surface area contributed by atoms with Gasteiger partial charge in [0.25, 0.3) is 0 Å². The molecule has 0 bridgehead atoms. The highest BCUT2D eigenvalue weighted by molar-refractivity contribution is 5.53. The summed E-state index contributed by atoms with van der Waals surface area (Å²) in [6, 6.07) is 0.736. The number of hydrogen-bond donors (Lipinski definition) is 1. The SMILES string of the molecule is CCN1CCCCC1C(C)CC=N. The summed E-state index contributed by atoms with van der Waals surface area (Å²) in [6.07, 6.45) is 6.59. The molecule has 2 nitrogen and oxygen atoms in total. The molecule has 0 amide bonds. The summed E-state index contributed by atoms with van der Waals surface area (Å²) in [5.41, 5.74) is 0. The Hall–Kier alpha value is -0.370. The molecule has 1 heterocycles. The number of piperidine rings is 1. The Morgan fingerprint density at radius 3 is 2.92 bits per heavy atom. The molecule has 1 N–H and O–H groups in total. The number of hydrogen-bond acceptors (Lipinski definition) is 2. The molecule has 2 unspecified atom stereocenters. The molecular weight excluding hydrogens is 160 g/mol. The topological polar surface area (TPSA) is 27.1 Å². The van der Waals surface area contributed by atoms with Gasteiger partial charge >= 0.3 is 0 Å². The van der Waals surface area contributed by atoms with E-state index < -0.39 is 0 Å². The van der Waals surface area contributed by atoms with Gasteiger partial charge in [0, 0.05) is 6.04 Å². The second-order valence-corrected chi connectivity index (χ2v) is 4.11. The first-order valence-electron chi connectivity index (χ1n) is 5.52. The molecule has 1 fully saturated rings. The van der Waals surface area contributed by atoms with E-state index in [1.54, 1.807) is 6.21 Å². The van der Waals surface area contributed by atoms with Crippen molar-refractivity contribution < 1.29 is 0 Å². The third-order valence-corrected chi connectivity index (χ3v) is 3.22. The smallest absolute Gasteiger partial charge is 0.0124 e. The standard InChI is InChI=1S/C11H22N2/c1-3-13-9-5-4-6-11(13)10(2)7-8-12/h8,10-12H,3-7,9H2,1-2H3. The Balaban J connectivity index is 2.47. The van der Waals surface area contributed by atoms with Crippen LogP contribution in [0.3, 0.4) is 0 Å². The molecule has 76 valence electrons. The molecule has 1 rings (SSSR count). The molecule has 2 atom stereocenters. The molecule has 0 aliphatic carbocycles. The number of rotatable bonds is 4. The number of nitrogens with one attached hydrogen (secondary N) is 1. The van der Waals surface area contributed by atoms with Gasteiger partial charge in [-0.3, -0.25) is 0 Å². The van der Waals surface area contributed by atoms with E-state index in [1.165, 1.54) is 32.4 Å². The van der Waals surface area contributed by atoms with Crippen LogP contribution in [0.1, 0.15) is 39.5 Å². The summed E-state index contributed by atoms with van der Waals surface area (Å²) in [4.78, 5) is 2.58. The van der Waals surface area contributed by atoms with Crippen LogP contribution in [0.5, 0.6) is 0 Å². The minimum atomic E-state index is 0.665. The lowest BCUT2D eigenvalue weighted by Gasteiger charge is -2.38. The predicted octanol–water partition coefficient (Wildman–Crippen LogP) is 2.54. The van der Waals surface area contributed by atoms with Gasteiger partial charge in [0.15, 0.2) is 0 Å². The Morgan fingerprint density at radius 2 is 2.31 bits per heavy atom. The fraction of sp³-hybridized carbons (Fsp3) is 0.909. The second kappa shape index (κ2) is 5.38. The van der Waals surface area contributed by atoms with Crippen LogP contribution in [0.2, 0.25) is 0 Å². The Bertz CT molecular complexity index is 156. The third-order valence-electron chi connectivity index (χ3n) is 3.22. The molecule has 1 aliphatic rings. The van der Waals surface area contributed by atoms with E-state index >= 15 is 0 Å². The molecule has 1 aliphatic heterocycles. The average Bonchev–Trinajstić information content (AvgIpc) is 2.18. The zero-order chi connectivity index (χ0) is 9.68. The van der Waals surface area contributed by atoms with Crippen LogP contribution in [-0.2, 0) is 0 Å². The minimum Gasteiger partial charge on any atom is -0.313 e. The lowest BCUT2D eigenvalue weighted by atomic mass is 9.90. The van der Waals surface area contributed by atoms with E-state index in [-0.39, 0.29) is 0 Å². The normalized spacial score (nSPS) is 27.1. The summed E-state index contributed by atoms with van der Waals surface area (Å²) in [5, 5.41) is 7.13. The highest BCUT2D eigenvalue weighted by Gasteiger charge is 2.25. The lowest BCUT2D eigenvalue weighted by molar-refractivity contribution is 0.115. The molecule has 13 heavy (non-hydrogen) atoms. The lowest BCUT2D eigenvalue weighted by Crippen LogP contribution is -2.43. The van der Waals surface area contributed by atoms with Gasteiger partial charge in [-0.25, -0.2) is 0 Å². The van der Waals surface area contributed by atoms with Crippen molar-refractivity contribution in [1.82, 2.24) is 4.90 Å². The van der Waals surface area contributed by atoms with Gasteiger partial charge in [-0.15, -0.1) is 0 Å². The van der Waals surface area contributed by atoms with Crippen LogP contribution in [0.15, 0.2) is 0 Å². The van der Waals surface area contributed by atoms with Crippen LogP contribution in [-0.4, -0.2) is 30.2 Å². The summed E-state index contributed by atoms with van der Waals surface area (Å²) in [6.45, 7) is 6.97. The van der Waals surface area contributed by atoms with Crippen LogP contribution >= 0.6 is 0 Å². The largest absolute Gasteiger partial charge is 0.313 e. The highest BCUT2D eigenvalue weighted by atomic mass is 15.2. The summed E-state index contributed by atoms with van der Waals surface area (Å²) in [5.74, 6) is 0.665. The Labute approximate surface area is 81.8 Å². The van der Waals surface area contributed by atoms with E-state index in [2.05, 4.69) is 18.7 Å². The van der Waals surface area contributed by atoms with Gasteiger partial charge in [-0.05, 0) is 44.5 Å². The van der Waals surface area contributed by atoms with Crippen molar-refractivity contribution in [3.05, 3.63) is 0 Å².